The number of aromatic nitrogens is 1. The van der Waals surface area contributed by atoms with Gasteiger partial charge in [-0.25, -0.2) is 4.98 Å². The maximum atomic E-state index is 12.2. The average molecular weight is 405 g/mol. The number of nitrogens with one attached hydrogen (secondary N) is 1. The number of carbonyl (C=O) groups excluding carboxylic acids is 1. The van der Waals surface area contributed by atoms with Crippen molar-refractivity contribution >= 4 is 50.1 Å². The molecule has 0 spiro atoms. The predicted octanol–water partition coefficient (Wildman–Crippen LogP) is 5.45. The highest BCUT2D eigenvalue weighted by atomic mass is 79.9. The number of benzene rings is 2. The molecule has 0 fully saturated rings. The summed E-state index contributed by atoms with van der Waals surface area (Å²) in [6.45, 7) is 0. The fraction of sp³-hybridized carbons (Fsp3) is 0.0588. The fourth-order valence-electron chi connectivity index (χ4n) is 1.90. The molecule has 6 heteroatoms. The van der Waals surface area contributed by atoms with E-state index >= 15 is 0 Å². The van der Waals surface area contributed by atoms with E-state index in [4.69, 9.17) is 0 Å². The van der Waals surface area contributed by atoms with Crippen LogP contribution in [0.4, 0.5) is 5.13 Å². The highest BCUT2D eigenvalue weighted by molar-refractivity contribution is 9.10. The van der Waals surface area contributed by atoms with Crippen molar-refractivity contribution in [1.29, 1.82) is 0 Å². The highest BCUT2D eigenvalue weighted by Gasteiger charge is 2.09. The van der Waals surface area contributed by atoms with Gasteiger partial charge in [-0.05, 0) is 30.3 Å². The van der Waals surface area contributed by atoms with Crippen LogP contribution in [0.25, 0.3) is 0 Å². The van der Waals surface area contributed by atoms with Crippen LogP contribution in [0.1, 0.15) is 16.1 Å². The molecule has 3 rings (SSSR count). The van der Waals surface area contributed by atoms with Crippen LogP contribution in [0.15, 0.2) is 69.3 Å². The van der Waals surface area contributed by atoms with E-state index in [-0.39, 0.29) is 5.91 Å². The Labute approximate surface area is 151 Å². The van der Waals surface area contributed by atoms with Crippen molar-refractivity contribution in [3.8, 4) is 0 Å². The predicted molar refractivity (Wildman–Crippen MR) is 100 cm³/mol. The molecule has 1 heterocycles. The molecule has 0 saturated heterocycles. The standard InChI is InChI=1S/C17H13BrN2OS2/c18-13-6-4-5-12(9-13)16(21)20-17-19-14(11-23-17)10-22-15-7-2-1-3-8-15/h1-9,11H,10H2,(H,19,20,21). The van der Waals surface area contributed by atoms with Gasteiger partial charge in [0.2, 0.25) is 0 Å². The molecule has 0 aliphatic carbocycles. The zero-order valence-corrected chi connectivity index (χ0v) is 15.2. The summed E-state index contributed by atoms with van der Waals surface area (Å²) in [4.78, 5) is 17.9. The first kappa shape index (κ1) is 16.2. The first-order valence-corrected chi connectivity index (χ1v) is 9.56. The SMILES string of the molecule is O=C(Nc1nc(CSc2ccccc2)cs1)c1cccc(Br)c1. The van der Waals surface area contributed by atoms with Gasteiger partial charge in [-0.3, -0.25) is 10.1 Å². The summed E-state index contributed by atoms with van der Waals surface area (Å²) < 4.78 is 0.879. The number of rotatable bonds is 5. The van der Waals surface area contributed by atoms with Crippen molar-refractivity contribution in [3.05, 3.63) is 75.7 Å². The summed E-state index contributed by atoms with van der Waals surface area (Å²) in [5.41, 5.74) is 1.57. The van der Waals surface area contributed by atoms with Gasteiger partial charge < -0.3 is 0 Å². The Morgan fingerprint density at radius 3 is 2.78 bits per heavy atom. The van der Waals surface area contributed by atoms with Crippen LogP contribution in [0.5, 0.6) is 0 Å². The molecule has 1 aromatic heterocycles. The molecule has 2 aromatic carbocycles. The monoisotopic (exact) mass is 404 g/mol. The molecule has 0 radical (unpaired) electrons. The van der Waals surface area contributed by atoms with Crippen LogP contribution in [-0.4, -0.2) is 10.9 Å². The van der Waals surface area contributed by atoms with E-state index in [1.807, 2.05) is 35.7 Å². The van der Waals surface area contributed by atoms with Crippen LogP contribution in [-0.2, 0) is 5.75 Å². The Balaban J connectivity index is 1.60. The van der Waals surface area contributed by atoms with Gasteiger partial charge in [0.15, 0.2) is 5.13 Å². The molecule has 1 N–H and O–H groups in total. The van der Waals surface area contributed by atoms with Gasteiger partial charge in [0.25, 0.3) is 5.91 Å². The molecular formula is C17H13BrN2OS2. The Kier molecular flexibility index (Phi) is 5.48. The molecule has 0 unspecified atom stereocenters. The quantitative estimate of drug-likeness (QED) is 0.574. The molecule has 116 valence electrons. The van der Waals surface area contributed by atoms with E-state index in [2.05, 4.69) is 38.4 Å². The number of thioether (sulfide) groups is 1. The second-order valence-corrected chi connectivity index (χ2v) is 7.53. The van der Waals surface area contributed by atoms with Crippen molar-refractivity contribution in [1.82, 2.24) is 4.98 Å². The van der Waals surface area contributed by atoms with Gasteiger partial charge in [0.1, 0.15) is 0 Å². The number of halogens is 1. The zero-order chi connectivity index (χ0) is 16.1. The number of amides is 1. The number of nitrogens with zero attached hydrogens (tertiary/aromatic N) is 1. The first-order valence-electron chi connectivity index (χ1n) is 6.90. The van der Waals surface area contributed by atoms with Gasteiger partial charge in [-0.2, -0.15) is 0 Å². The summed E-state index contributed by atoms with van der Waals surface area (Å²) in [5.74, 6) is 0.635. The third-order valence-electron chi connectivity index (χ3n) is 2.99. The summed E-state index contributed by atoms with van der Waals surface area (Å²) in [7, 11) is 0. The van der Waals surface area contributed by atoms with Crippen LogP contribution < -0.4 is 5.32 Å². The zero-order valence-electron chi connectivity index (χ0n) is 12.0. The van der Waals surface area contributed by atoms with Crippen LogP contribution in [0.2, 0.25) is 0 Å². The lowest BCUT2D eigenvalue weighted by Gasteiger charge is -2.02. The van der Waals surface area contributed by atoms with Crippen molar-refractivity contribution in [2.45, 2.75) is 10.6 Å². The topological polar surface area (TPSA) is 42.0 Å². The van der Waals surface area contributed by atoms with E-state index in [1.54, 1.807) is 23.9 Å². The molecule has 3 aromatic rings. The number of anilines is 1. The Bertz CT molecular complexity index is 805. The molecule has 0 aliphatic rings. The summed E-state index contributed by atoms with van der Waals surface area (Å²) in [5, 5.41) is 5.44. The third-order valence-corrected chi connectivity index (χ3v) is 5.33. The second-order valence-electron chi connectivity index (χ2n) is 4.71. The number of hydrogen-bond acceptors (Lipinski definition) is 4. The lowest BCUT2D eigenvalue weighted by molar-refractivity contribution is 0.102. The molecule has 3 nitrogen and oxygen atoms in total. The molecule has 0 aliphatic heterocycles. The highest BCUT2D eigenvalue weighted by Crippen LogP contribution is 2.25. The van der Waals surface area contributed by atoms with Gasteiger partial charge in [0, 0.05) is 26.1 Å². The van der Waals surface area contributed by atoms with Gasteiger partial charge in [0.05, 0.1) is 5.69 Å². The van der Waals surface area contributed by atoms with Crippen LogP contribution >= 0.6 is 39.0 Å². The van der Waals surface area contributed by atoms with Gasteiger partial charge in [-0.15, -0.1) is 23.1 Å². The number of hydrogen-bond donors (Lipinski definition) is 1. The second kappa shape index (κ2) is 7.77. The molecule has 0 bridgehead atoms. The van der Waals surface area contributed by atoms with E-state index in [9.17, 15) is 4.79 Å². The summed E-state index contributed by atoms with van der Waals surface area (Å²) >= 11 is 6.54. The molecule has 23 heavy (non-hydrogen) atoms. The minimum absolute atomic E-state index is 0.150. The smallest absolute Gasteiger partial charge is 0.257 e. The van der Waals surface area contributed by atoms with E-state index in [0.717, 1.165) is 15.9 Å². The molecule has 0 saturated carbocycles. The largest absolute Gasteiger partial charge is 0.298 e. The fourth-order valence-corrected chi connectivity index (χ4v) is 3.93. The normalized spacial score (nSPS) is 10.5. The van der Waals surface area contributed by atoms with Crippen molar-refractivity contribution in [3.63, 3.8) is 0 Å². The van der Waals surface area contributed by atoms with Gasteiger partial charge >= 0.3 is 0 Å². The maximum Gasteiger partial charge on any atom is 0.257 e. The van der Waals surface area contributed by atoms with Crippen molar-refractivity contribution in [2.24, 2.45) is 0 Å². The lowest BCUT2D eigenvalue weighted by Crippen LogP contribution is -2.11. The Morgan fingerprint density at radius 1 is 1.17 bits per heavy atom. The van der Waals surface area contributed by atoms with Crippen LogP contribution in [0, 0.1) is 0 Å². The van der Waals surface area contributed by atoms with Gasteiger partial charge in [-0.1, -0.05) is 40.2 Å². The Hall–Kier alpha value is -1.63. The van der Waals surface area contributed by atoms with Crippen molar-refractivity contribution in [2.75, 3.05) is 5.32 Å². The summed E-state index contributed by atoms with van der Waals surface area (Å²) in [6, 6.07) is 17.5. The number of carbonyl (C=O) groups is 1. The Morgan fingerprint density at radius 2 is 2.00 bits per heavy atom. The molecule has 1 amide bonds. The summed E-state index contributed by atoms with van der Waals surface area (Å²) in [6.07, 6.45) is 0. The molecule has 0 atom stereocenters. The number of thiazole rings is 1. The first-order chi connectivity index (χ1) is 11.2. The maximum absolute atomic E-state index is 12.2. The van der Waals surface area contributed by atoms with E-state index < -0.39 is 0 Å². The minimum atomic E-state index is -0.150. The lowest BCUT2D eigenvalue weighted by atomic mass is 10.2. The van der Waals surface area contributed by atoms with Crippen molar-refractivity contribution < 1.29 is 4.79 Å². The minimum Gasteiger partial charge on any atom is -0.298 e. The van der Waals surface area contributed by atoms with E-state index in [1.165, 1.54) is 16.2 Å². The average Bonchev–Trinajstić information content (AvgIpc) is 3.01. The van der Waals surface area contributed by atoms with E-state index in [0.29, 0.717) is 10.7 Å². The van der Waals surface area contributed by atoms with Crippen LogP contribution in [0.3, 0.4) is 0 Å². The molecular weight excluding hydrogens is 392 g/mol. The third kappa shape index (κ3) is 4.67.